The molecule has 0 radical (unpaired) electrons. The first-order valence-corrected chi connectivity index (χ1v) is 8.26. The summed E-state index contributed by atoms with van der Waals surface area (Å²) in [6.07, 6.45) is 10.8. The third kappa shape index (κ3) is 5.70. The SMILES string of the molecule is C#CCOc1ccc(Br)cc1CNCCOC1CCCC1. The molecular weight excluding hydrogens is 330 g/mol. The molecule has 1 aliphatic carbocycles. The number of benzene rings is 1. The van der Waals surface area contributed by atoms with Crippen LogP contribution in [-0.2, 0) is 11.3 Å². The van der Waals surface area contributed by atoms with E-state index in [0.29, 0.717) is 12.7 Å². The Hall–Kier alpha value is -1.02. The molecule has 1 aromatic carbocycles. The van der Waals surface area contributed by atoms with Gasteiger partial charge in [-0.3, -0.25) is 0 Å². The molecule has 0 bridgehead atoms. The van der Waals surface area contributed by atoms with Crippen LogP contribution < -0.4 is 10.1 Å². The van der Waals surface area contributed by atoms with E-state index >= 15 is 0 Å². The van der Waals surface area contributed by atoms with E-state index in [1.807, 2.05) is 12.1 Å². The van der Waals surface area contributed by atoms with E-state index in [1.165, 1.54) is 25.7 Å². The van der Waals surface area contributed by atoms with Crippen LogP contribution in [0.2, 0.25) is 0 Å². The third-order valence-corrected chi connectivity index (χ3v) is 4.08. The maximum absolute atomic E-state index is 5.83. The van der Waals surface area contributed by atoms with Crippen LogP contribution in [0.1, 0.15) is 31.2 Å². The number of ether oxygens (including phenoxy) is 2. The number of hydrogen-bond donors (Lipinski definition) is 1. The lowest BCUT2D eigenvalue weighted by Crippen LogP contribution is -2.22. The van der Waals surface area contributed by atoms with Gasteiger partial charge in [0.25, 0.3) is 0 Å². The van der Waals surface area contributed by atoms with E-state index in [-0.39, 0.29) is 0 Å². The zero-order valence-corrected chi connectivity index (χ0v) is 13.8. The van der Waals surface area contributed by atoms with Crippen LogP contribution in [0.15, 0.2) is 22.7 Å². The van der Waals surface area contributed by atoms with Crippen LogP contribution >= 0.6 is 15.9 Å². The molecule has 0 spiro atoms. The molecule has 2 rings (SSSR count). The van der Waals surface area contributed by atoms with E-state index in [9.17, 15) is 0 Å². The second-order valence-corrected chi connectivity index (χ2v) is 6.11. The third-order valence-electron chi connectivity index (χ3n) is 3.58. The Morgan fingerprint density at radius 1 is 1.33 bits per heavy atom. The van der Waals surface area contributed by atoms with Gasteiger partial charge in [0, 0.05) is 23.1 Å². The average molecular weight is 352 g/mol. The first kappa shape index (κ1) is 16.4. The molecule has 0 saturated heterocycles. The van der Waals surface area contributed by atoms with E-state index < -0.39 is 0 Å². The Balaban J connectivity index is 1.73. The molecule has 0 unspecified atom stereocenters. The average Bonchev–Trinajstić information content (AvgIpc) is 2.99. The number of terminal acetylenes is 1. The fraction of sp³-hybridized carbons (Fsp3) is 0.529. The van der Waals surface area contributed by atoms with Crippen molar-refractivity contribution in [1.82, 2.24) is 5.32 Å². The van der Waals surface area contributed by atoms with E-state index in [0.717, 1.165) is 35.5 Å². The van der Waals surface area contributed by atoms with Gasteiger partial charge < -0.3 is 14.8 Å². The molecule has 0 atom stereocenters. The fourth-order valence-corrected chi connectivity index (χ4v) is 2.93. The van der Waals surface area contributed by atoms with Gasteiger partial charge in [0.05, 0.1) is 12.7 Å². The summed E-state index contributed by atoms with van der Waals surface area (Å²) in [5, 5.41) is 3.39. The van der Waals surface area contributed by atoms with Gasteiger partial charge >= 0.3 is 0 Å². The van der Waals surface area contributed by atoms with Gasteiger partial charge in [-0.15, -0.1) is 6.42 Å². The maximum atomic E-state index is 5.83. The zero-order chi connectivity index (χ0) is 14.9. The summed E-state index contributed by atoms with van der Waals surface area (Å²) in [6.45, 7) is 2.64. The molecule has 0 aliphatic heterocycles. The van der Waals surface area contributed by atoms with Crippen molar-refractivity contribution < 1.29 is 9.47 Å². The number of hydrogen-bond acceptors (Lipinski definition) is 3. The molecule has 0 aromatic heterocycles. The van der Waals surface area contributed by atoms with Gasteiger partial charge in [-0.05, 0) is 31.0 Å². The van der Waals surface area contributed by atoms with Gasteiger partial charge in [-0.25, -0.2) is 0 Å². The lowest BCUT2D eigenvalue weighted by atomic mass is 10.2. The van der Waals surface area contributed by atoms with Gasteiger partial charge in [0.1, 0.15) is 12.4 Å². The molecular formula is C17H22BrNO2. The summed E-state index contributed by atoms with van der Waals surface area (Å²) in [7, 11) is 0. The second-order valence-electron chi connectivity index (χ2n) is 5.20. The highest BCUT2D eigenvalue weighted by molar-refractivity contribution is 9.10. The molecule has 1 aromatic rings. The topological polar surface area (TPSA) is 30.5 Å². The zero-order valence-electron chi connectivity index (χ0n) is 12.2. The highest BCUT2D eigenvalue weighted by atomic mass is 79.9. The highest BCUT2D eigenvalue weighted by Crippen LogP contribution is 2.23. The molecule has 4 heteroatoms. The molecule has 0 amide bonds. The molecule has 1 saturated carbocycles. The van der Waals surface area contributed by atoms with Crippen LogP contribution in [0.5, 0.6) is 5.75 Å². The van der Waals surface area contributed by atoms with Crippen LogP contribution in [0.4, 0.5) is 0 Å². The second kappa shape index (κ2) is 9.09. The normalized spacial score (nSPS) is 15.0. The van der Waals surface area contributed by atoms with Crippen molar-refractivity contribution in [1.29, 1.82) is 0 Å². The standard InChI is InChI=1S/C17H22BrNO2/c1-2-10-21-17-8-7-15(18)12-14(17)13-19-9-11-20-16-5-3-4-6-16/h1,7-8,12,16,19H,3-6,9-11,13H2. The minimum Gasteiger partial charge on any atom is -0.481 e. The van der Waals surface area contributed by atoms with Crippen LogP contribution in [0.25, 0.3) is 0 Å². The van der Waals surface area contributed by atoms with Crippen molar-refractivity contribution in [2.45, 2.75) is 38.3 Å². The molecule has 3 nitrogen and oxygen atoms in total. The van der Waals surface area contributed by atoms with Gasteiger partial charge in [-0.1, -0.05) is 34.7 Å². The van der Waals surface area contributed by atoms with Crippen molar-refractivity contribution in [3.63, 3.8) is 0 Å². The molecule has 21 heavy (non-hydrogen) atoms. The van der Waals surface area contributed by atoms with Crippen molar-refractivity contribution in [2.24, 2.45) is 0 Å². The minimum atomic E-state index is 0.291. The van der Waals surface area contributed by atoms with E-state index in [2.05, 4.69) is 33.2 Å². The first-order valence-electron chi connectivity index (χ1n) is 7.46. The fourth-order valence-electron chi connectivity index (χ4n) is 2.52. The highest BCUT2D eigenvalue weighted by Gasteiger charge is 2.14. The van der Waals surface area contributed by atoms with Crippen molar-refractivity contribution in [3.8, 4) is 18.1 Å². The quantitative estimate of drug-likeness (QED) is 0.574. The summed E-state index contributed by atoms with van der Waals surface area (Å²) in [4.78, 5) is 0. The lowest BCUT2D eigenvalue weighted by molar-refractivity contribution is 0.0602. The van der Waals surface area contributed by atoms with Gasteiger partial charge in [-0.2, -0.15) is 0 Å². The Kier molecular flexibility index (Phi) is 7.08. The minimum absolute atomic E-state index is 0.291. The van der Waals surface area contributed by atoms with Crippen LogP contribution in [0, 0.1) is 12.3 Å². The van der Waals surface area contributed by atoms with E-state index in [4.69, 9.17) is 15.9 Å². The van der Waals surface area contributed by atoms with Crippen molar-refractivity contribution >= 4 is 15.9 Å². The number of nitrogens with one attached hydrogen (secondary N) is 1. The van der Waals surface area contributed by atoms with Crippen molar-refractivity contribution in [2.75, 3.05) is 19.8 Å². The largest absolute Gasteiger partial charge is 0.481 e. The summed E-state index contributed by atoms with van der Waals surface area (Å²) in [6, 6.07) is 5.95. The molecule has 0 heterocycles. The Bertz CT molecular complexity index is 478. The lowest BCUT2D eigenvalue weighted by Gasteiger charge is -2.13. The Morgan fingerprint density at radius 2 is 2.14 bits per heavy atom. The summed E-state index contributed by atoms with van der Waals surface area (Å²) < 4.78 is 12.4. The molecule has 114 valence electrons. The molecule has 1 N–H and O–H groups in total. The van der Waals surface area contributed by atoms with Crippen molar-refractivity contribution in [3.05, 3.63) is 28.2 Å². The predicted octanol–water partition coefficient (Wildman–Crippen LogP) is 3.51. The monoisotopic (exact) mass is 351 g/mol. The maximum Gasteiger partial charge on any atom is 0.148 e. The van der Waals surface area contributed by atoms with Crippen LogP contribution in [-0.4, -0.2) is 25.9 Å². The van der Waals surface area contributed by atoms with Gasteiger partial charge in [0.2, 0.25) is 0 Å². The van der Waals surface area contributed by atoms with Crippen LogP contribution in [0.3, 0.4) is 0 Å². The summed E-state index contributed by atoms with van der Waals surface area (Å²) >= 11 is 3.48. The van der Waals surface area contributed by atoms with E-state index in [1.54, 1.807) is 0 Å². The Morgan fingerprint density at radius 3 is 2.90 bits per heavy atom. The molecule has 1 fully saturated rings. The molecule has 1 aliphatic rings. The summed E-state index contributed by atoms with van der Waals surface area (Å²) in [5.41, 5.74) is 1.10. The van der Waals surface area contributed by atoms with Gasteiger partial charge in [0.15, 0.2) is 0 Å². The number of rotatable bonds is 8. The summed E-state index contributed by atoms with van der Waals surface area (Å²) in [5.74, 6) is 3.32. The Labute approximate surface area is 135 Å². The predicted molar refractivity (Wildman–Crippen MR) is 88.4 cm³/mol. The first-order chi connectivity index (χ1) is 10.3. The number of halogens is 1. The smallest absolute Gasteiger partial charge is 0.148 e.